The van der Waals surface area contributed by atoms with Gasteiger partial charge in [0.15, 0.2) is 0 Å². The van der Waals surface area contributed by atoms with Gasteiger partial charge in [0.05, 0.1) is 0 Å². The van der Waals surface area contributed by atoms with E-state index in [4.69, 9.17) is 5.11 Å². The van der Waals surface area contributed by atoms with Gasteiger partial charge in [-0.15, -0.1) is 0 Å². The maximum absolute atomic E-state index is 10.9. The van der Waals surface area contributed by atoms with Gasteiger partial charge in [-0.05, 0) is 56.4 Å². The second-order valence-corrected chi connectivity index (χ2v) is 7.89. The number of nitrogens with zero attached hydrogens (tertiary/aromatic N) is 1. The number of hydrogen-bond donors (Lipinski definition) is 1. The van der Waals surface area contributed by atoms with Crippen LogP contribution in [0.4, 0.5) is 0 Å². The first-order chi connectivity index (χ1) is 9.37. The zero-order valence-corrected chi connectivity index (χ0v) is 13.4. The summed E-state index contributed by atoms with van der Waals surface area (Å²) >= 11 is 0. The molecule has 116 valence electrons. The largest absolute Gasteiger partial charge is 0.481 e. The monoisotopic (exact) mass is 281 g/mol. The van der Waals surface area contributed by atoms with Crippen LogP contribution in [0.1, 0.15) is 72.1 Å². The Bertz CT molecular complexity index is 340. The van der Waals surface area contributed by atoms with Gasteiger partial charge in [0, 0.05) is 18.5 Å². The first-order valence-corrected chi connectivity index (χ1v) is 8.35. The van der Waals surface area contributed by atoms with Gasteiger partial charge < -0.3 is 5.11 Å². The molecule has 1 saturated carbocycles. The Hall–Kier alpha value is -0.570. The Kier molecular flexibility index (Phi) is 5.11. The normalized spacial score (nSPS) is 34.9. The van der Waals surface area contributed by atoms with E-state index in [2.05, 4.69) is 25.7 Å². The molecule has 0 aromatic carbocycles. The van der Waals surface area contributed by atoms with Crippen LogP contribution in [-0.2, 0) is 4.79 Å². The summed E-state index contributed by atoms with van der Waals surface area (Å²) in [4.78, 5) is 13.5. The molecule has 3 heteroatoms. The molecule has 2 aliphatic rings. The smallest absolute Gasteiger partial charge is 0.303 e. The summed E-state index contributed by atoms with van der Waals surface area (Å²) in [5, 5.41) is 8.95. The van der Waals surface area contributed by atoms with Crippen molar-refractivity contribution < 1.29 is 9.90 Å². The number of carboxylic acids is 1. The van der Waals surface area contributed by atoms with Crippen molar-refractivity contribution >= 4 is 5.97 Å². The minimum atomic E-state index is -0.645. The topological polar surface area (TPSA) is 40.5 Å². The van der Waals surface area contributed by atoms with Gasteiger partial charge in [-0.1, -0.05) is 27.2 Å². The van der Waals surface area contributed by atoms with Gasteiger partial charge >= 0.3 is 5.97 Å². The first-order valence-electron chi connectivity index (χ1n) is 8.35. The van der Waals surface area contributed by atoms with Crippen molar-refractivity contribution in [3.8, 4) is 0 Å². The van der Waals surface area contributed by atoms with Crippen LogP contribution in [0.5, 0.6) is 0 Å². The highest BCUT2D eigenvalue weighted by Gasteiger charge is 2.37. The number of carboxylic acid groups (broad SMARTS) is 1. The van der Waals surface area contributed by atoms with Crippen LogP contribution in [0.25, 0.3) is 0 Å². The van der Waals surface area contributed by atoms with E-state index >= 15 is 0 Å². The summed E-state index contributed by atoms with van der Waals surface area (Å²) in [6.45, 7) is 8.35. The minimum Gasteiger partial charge on any atom is -0.481 e. The summed E-state index contributed by atoms with van der Waals surface area (Å²) in [5.74, 6) is 0.152. The van der Waals surface area contributed by atoms with Crippen LogP contribution in [0.2, 0.25) is 0 Å². The fourth-order valence-electron chi connectivity index (χ4n) is 4.65. The summed E-state index contributed by atoms with van der Waals surface area (Å²) in [5.41, 5.74) is 0.442. The molecule has 0 aromatic heterocycles. The molecule has 2 rings (SSSR count). The van der Waals surface area contributed by atoms with Crippen LogP contribution >= 0.6 is 0 Å². The average Bonchev–Trinajstić information content (AvgIpc) is 2.34. The molecule has 0 amide bonds. The average molecular weight is 281 g/mol. The van der Waals surface area contributed by atoms with E-state index in [0.29, 0.717) is 23.9 Å². The lowest BCUT2D eigenvalue weighted by Crippen LogP contribution is -2.50. The van der Waals surface area contributed by atoms with Crippen LogP contribution < -0.4 is 0 Å². The van der Waals surface area contributed by atoms with E-state index in [0.717, 1.165) is 12.3 Å². The molecule has 0 aromatic rings. The Morgan fingerprint density at radius 1 is 1.30 bits per heavy atom. The first kappa shape index (κ1) is 15.8. The second kappa shape index (κ2) is 6.46. The molecule has 0 radical (unpaired) electrons. The number of likely N-dealkylation sites (tertiary alicyclic amines) is 1. The molecule has 3 unspecified atom stereocenters. The fourth-order valence-corrected chi connectivity index (χ4v) is 4.65. The van der Waals surface area contributed by atoms with Crippen molar-refractivity contribution in [3.63, 3.8) is 0 Å². The summed E-state index contributed by atoms with van der Waals surface area (Å²) in [7, 11) is 0. The van der Waals surface area contributed by atoms with Gasteiger partial charge in [-0.3, -0.25) is 9.69 Å². The Balaban J connectivity index is 2.01. The molecule has 0 spiro atoms. The number of piperidine rings is 1. The van der Waals surface area contributed by atoms with Crippen molar-refractivity contribution in [3.05, 3.63) is 0 Å². The molecule has 2 fully saturated rings. The third-order valence-corrected chi connectivity index (χ3v) is 5.20. The van der Waals surface area contributed by atoms with E-state index < -0.39 is 5.97 Å². The minimum absolute atomic E-state index is 0.326. The van der Waals surface area contributed by atoms with Crippen LogP contribution in [-0.4, -0.2) is 34.6 Å². The molecule has 1 N–H and O–H groups in total. The Labute approximate surface area is 123 Å². The molecule has 1 aliphatic heterocycles. The molecule has 3 atom stereocenters. The van der Waals surface area contributed by atoms with Crippen molar-refractivity contribution in [2.75, 3.05) is 6.54 Å². The lowest BCUT2D eigenvalue weighted by molar-refractivity contribution is -0.137. The van der Waals surface area contributed by atoms with Crippen LogP contribution in [0, 0.1) is 11.3 Å². The number of aliphatic carboxylic acids is 1. The van der Waals surface area contributed by atoms with Gasteiger partial charge in [0.2, 0.25) is 0 Å². The summed E-state index contributed by atoms with van der Waals surface area (Å²) in [6, 6.07) is 1.18. The van der Waals surface area contributed by atoms with Gasteiger partial charge in [-0.25, -0.2) is 0 Å². The van der Waals surface area contributed by atoms with Gasteiger partial charge in [0.25, 0.3) is 0 Å². The maximum atomic E-state index is 10.9. The Morgan fingerprint density at radius 3 is 2.70 bits per heavy atom. The molecule has 0 bridgehead atoms. The van der Waals surface area contributed by atoms with Gasteiger partial charge in [0.1, 0.15) is 0 Å². The van der Waals surface area contributed by atoms with Gasteiger partial charge in [-0.2, -0.15) is 0 Å². The van der Waals surface area contributed by atoms with E-state index in [1.807, 2.05) is 0 Å². The SMILES string of the molecule is CC1CC(N2CCCCC2CCC(=O)O)CC(C)(C)C1. The predicted molar refractivity (Wildman–Crippen MR) is 81.8 cm³/mol. The van der Waals surface area contributed by atoms with E-state index in [1.54, 1.807) is 0 Å². The fraction of sp³-hybridized carbons (Fsp3) is 0.941. The summed E-state index contributed by atoms with van der Waals surface area (Å²) < 4.78 is 0. The highest BCUT2D eigenvalue weighted by molar-refractivity contribution is 5.66. The lowest BCUT2D eigenvalue weighted by atomic mass is 9.69. The van der Waals surface area contributed by atoms with Crippen LogP contribution in [0.3, 0.4) is 0 Å². The van der Waals surface area contributed by atoms with Crippen molar-refractivity contribution in [1.82, 2.24) is 4.90 Å². The van der Waals surface area contributed by atoms with Crippen molar-refractivity contribution in [2.45, 2.75) is 84.2 Å². The number of carbonyl (C=O) groups is 1. The van der Waals surface area contributed by atoms with Crippen molar-refractivity contribution in [1.29, 1.82) is 0 Å². The molecular formula is C17H31NO2. The standard InChI is InChI=1S/C17H31NO2/c1-13-10-15(12-17(2,3)11-13)18-9-5-4-6-14(18)7-8-16(19)20/h13-15H,4-12H2,1-3H3,(H,19,20). The quantitative estimate of drug-likeness (QED) is 0.849. The number of rotatable bonds is 4. The zero-order chi connectivity index (χ0) is 14.8. The maximum Gasteiger partial charge on any atom is 0.303 e. The molecule has 1 saturated heterocycles. The zero-order valence-electron chi connectivity index (χ0n) is 13.4. The van der Waals surface area contributed by atoms with E-state index in [1.165, 1.54) is 45.1 Å². The molecule has 1 aliphatic carbocycles. The molecular weight excluding hydrogens is 250 g/mol. The summed E-state index contributed by atoms with van der Waals surface area (Å²) in [6.07, 6.45) is 8.82. The second-order valence-electron chi connectivity index (χ2n) is 7.89. The number of hydrogen-bond acceptors (Lipinski definition) is 2. The highest BCUT2D eigenvalue weighted by Crippen LogP contribution is 2.42. The molecule has 20 heavy (non-hydrogen) atoms. The molecule has 1 heterocycles. The lowest BCUT2D eigenvalue weighted by Gasteiger charge is -2.48. The predicted octanol–water partition coefficient (Wildman–Crippen LogP) is 3.92. The van der Waals surface area contributed by atoms with Crippen molar-refractivity contribution in [2.24, 2.45) is 11.3 Å². The third-order valence-electron chi connectivity index (χ3n) is 5.20. The highest BCUT2D eigenvalue weighted by atomic mass is 16.4. The van der Waals surface area contributed by atoms with Crippen LogP contribution in [0.15, 0.2) is 0 Å². The molecule has 3 nitrogen and oxygen atoms in total. The van der Waals surface area contributed by atoms with E-state index in [9.17, 15) is 4.79 Å². The Morgan fingerprint density at radius 2 is 2.05 bits per heavy atom. The third kappa shape index (κ3) is 4.21. The van der Waals surface area contributed by atoms with E-state index in [-0.39, 0.29) is 0 Å².